The van der Waals surface area contributed by atoms with Crippen LogP contribution in [0, 0.1) is 13.8 Å². The van der Waals surface area contributed by atoms with Crippen LogP contribution in [0.5, 0.6) is 5.75 Å². The fraction of sp³-hybridized carbons (Fsp3) is 0.120. The van der Waals surface area contributed by atoms with Gasteiger partial charge in [-0.3, -0.25) is 9.59 Å². The van der Waals surface area contributed by atoms with Gasteiger partial charge in [0.2, 0.25) is 11.2 Å². The van der Waals surface area contributed by atoms with Crippen LogP contribution in [0.4, 0.5) is 5.69 Å². The summed E-state index contributed by atoms with van der Waals surface area (Å²) < 4.78 is 11.7. The molecule has 0 aliphatic carbocycles. The van der Waals surface area contributed by atoms with Crippen molar-refractivity contribution in [3.63, 3.8) is 0 Å². The Morgan fingerprint density at radius 3 is 2.55 bits per heavy atom. The fourth-order valence-corrected chi connectivity index (χ4v) is 3.39. The summed E-state index contributed by atoms with van der Waals surface area (Å²) in [5, 5.41) is 3.68. The van der Waals surface area contributed by atoms with Gasteiger partial charge >= 0.3 is 0 Å². The van der Waals surface area contributed by atoms with Gasteiger partial charge in [0, 0.05) is 16.3 Å². The van der Waals surface area contributed by atoms with Crippen LogP contribution < -0.4 is 15.5 Å². The number of halogens is 1. The lowest BCUT2D eigenvalue weighted by Gasteiger charge is -2.12. The molecule has 0 unspecified atom stereocenters. The van der Waals surface area contributed by atoms with Gasteiger partial charge in [0.1, 0.15) is 5.58 Å². The summed E-state index contributed by atoms with van der Waals surface area (Å²) in [6, 6.07) is 19.8. The first kappa shape index (κ1) is 20.7. The van der Waals surface area contributed by atoms with Gasteiger partial charge in [-0.25, -0.2) is 0 Å². The van der Waals surface area contributed by atoms with E-state index in [1.165, 1.54) is 0 Å². The lowest BCUT2D eigenvalue weighted by atomic mass is 10.1. The van der Waals surface area contributed by atoms with Gasteiger partial charge in [0.15, 0.2) is 12.4 Å². The Hall–Kier alpha value is -3.57. The molecule has 4 rings (SSSR count). The quantitative estimate of drug-likeness (QED) is 0.435. The van der Waals surface area contributed by atoms with E-state index in [1.807, 2.05) is 56.3 Å². The number of anilines is 1. The van der Waals surface area contributed by atoms with Crippen molar-refractivity contribution in [3.05, 3.63) is 93.1 Å². The van der Waals surface area contributed by atoms with Gasteiger partial charge < -0.3 is 14.5 Å². The minimum atomic E-state index is -0.414. The maximum atomic E-state index is 13.2. The molecule has 1 N–H and O–H groups in total. The summed E-state index contributed by atoms with van der Waals surface area (Å²) in [6.07, 6.45) is 0. The van der Waals surface area contributed by atoms with Crippen LogP contribution in [0.2, 0.25) is 5.02 Å². The molecule has 6 heteroatoms. The van der Waals surface area contributed by atoms with Crippen LogP contribution in [-0.2, 0) is 4.79 Å². The Morgan fingerprint density at radius 2 is 1.81 bits per heavy atom. The highest BCUT2D eigenvalue weighted by Gasteiger charge is 2.19. The largest absolute Gasteiger partial charge is 0.476 e. The molecule has 0 aliphatic rings. The van der Waals surface area contributed by atoms with E-state index in [-0.39, 0.29) is 23.5 Å². The first-order valence-electron chi connectivity index (χ1n) is 9.74. The molecule has 0 atom stereocenters. The maximum Gasteiger partial charge on any atom is 0.262 e. The molecular weight excluding hydrogens is 414 g/mol. The van der Waals surface area contributed by atoms with E-state index >= 15 is 0 Å². The average Bonchev–Trinajstić information content (AvgIpc) is 2.76. The van der Waals surface area contributed by atoms with Crippen molar-refractivity contribution in [2.45, 2.75) is 13.8 Å². The number of fused-ring (bicyclic) bond motifs is 1. The van der Waals surface area contributed by atoms with E-state index in [2.05, 4.69) is 5.32 Å². The van der Waals surface area contributed by atoms with Crippen molar-refractivity contribution >= 4 is 34.2 Å². The molecule has 3 aromatic carbocycles. The van der Waals surface area contributed by atoms with Crippen LogP contribution in [-0.4, -0.2) is 12.5 Å². The van der Waals surface area contributed by atoms with Gasteiger partial charge in [-0.05, 0) is 43.7 Å². The topological polar surface area (TPSA) is 68.5 Å². The minimum Gasteiger partial charge on any atom is -0.476 e. The zero-order valence-corrected chi connectivity index (χ0v) is 17.8. The van der Waals surface area contributed by atoms with E-state index in [4.69, 9.17) is 20.8 Å². The van der Waals surface area contributed by atoms with E-state index in [1.54, 1.807) is 24.3 Å². The number of carbonyl (C=O) groups is 1. The average molecular weight is 434 g/mol. The van der Waals surface area contributed by atoms with Crippen molar-refractivity contribution in [2.24, 2.45) is 0 Å². The molecule has 156 valence electrons. The van der Waals surface area contributed by atoms with Crippen LogP contribution in [0.3, 0.4) is 0 Å². The third-order valence-electron chi connectivity index (χ3n) is 4.84. The van der Waals surface area contributed by atoms with Crippen molar-refractivity contribution in [1.82, 2.24) is 0 Å². The lowest BCUT2D eigenvalue weighted by Crippen LogP contribution is -2.22. The Labute approximate surface area is 184 Å². The maximum absolute atomic E-state index is 13.2. The summed E-state index contributed by atoms with van der Waals surface area (Å²) in [7, 11) is 0. The van der Waals surface area contributed by atoms with Crippen LogP contribution in [0.25, 0.3) is 22.3 Å². The SMILES string of the molecule is Cc1ccc2oc(-c3ccccc3)c(OCC(=O)Nc3ccc(C)c(Cl)c3)c(=O)c2c1. The monoisotopic (exact) mass is 433 g/mol. The van der Waals surface area contributed by atoms with Gasteiger partial charge in [-0.15, -0.1) is 0 Å². The molecule has 1 aromatic heterocycles. The van der Waals surface area contributed by atoms with E-state index in [9.17, 15) is 9.59 Å². The number of benzene rings is 3. The smallest absolute Gasteiger partial charge is 0.262 e. The first-order valence-corrected chi connectivity index (χ1v) is 10.1. The summed E-state index contributed by atoms with van der Waals surface area (Å²) >= 11 is 6.11. The van der Waals surface area contributed by atoms with E-state index in [0.717, 1.165) is 11.1 Å². The Bertz CT molecular complexity index is 1330. The number of nitrogens with one attached hydrogen (secondary N) is 1. The van der Waals surface area contributed by atoms with Crippen molar-refractivity contribution < 1.29 is 13.9 Å². The summed E-state index contributed by atoms with van der Waals surface area (Å²) in [5.74, 6) is -0.128. The summed E-state index contributed by atoms with van der Waals surface area (Å²) in [5.41, 5.74) is 3.20. The molecule has 4 aromatic rings. The molecule has 0 aliphatic heterocycles. The zero-order valence-electron chi connectivity index (χ0n) is 17.1. The number of hydrogen-bond acceptors (Lipinski definition) is 4. The zero-order chi connectivity index (χ0) is 22.0. The predicted molar refractivity (Wildman–Crippen MR) is 123 cm³/mol. The van der Waals surface area contributed by atoms with Gasteiger partial charge in [-0.2, -0.15) is 0 Å². The molecule has 0 radical (unpaired) electrons. The number of carbonyl (C=O) groups excluding carboxylic acids is 1. The second-order valence-corrected chi connectivity index (χ2v) is 7.66. The van der Waals surface area contributed by atoms with Crippen LogP contribution >= 0.6 is 11.6 Å². The van der Waals surface area contributed by atoms with Crippen LogP contribution in [0.1, 0.15) is 11.1 Å². The normalized spacial score (nSPS) is 10.8. The molecule has 31 heavy (non-hydrogen) atoms. The number of aryl methyl sites for hydroxylation is 2. The lowest BCUT2D eigenvalue weighted by molar-refractivity contribution is -0.118. The molecule has 0 saturated carbocycles. The molecule has 1 heterocycles. The summed E-state index contributed by atoms with van der Waals surface area (Å²) in [4.78, 5) is 25.6. The fourth-order valence-electron chi connectivity index (χ4n) is 3.21. The standard InChI is InChI=1S/C25H20ClNO4/c1-15-8-11-21-19(12-15)23(29)25(24(31-21)17-6-4-3-5-7-17)30-14-22(28)27-18-10-9-16(2)20(26)13-18/h3-13H,14H2,1-2H3,(H,27,28). The van der Waals surface area contributed by atoms with Gasteiger partial charge in [0.25, 0.3) is 5.91 Å². The summed E-state index contributed by atoms with van der Waals surface area (Å²) in [6.45, 7) is 3.42. The third-order valence-corrected chi connectivity index (χ3v) is 5.25. The Morgan fingerprint density at radius 1 is 1.03 bits per heavy atom. The molecular formula is C25H20ClNO4. The molecule has 0 saturated heterocycles. The highest BCUT2D eigenvalue weighted by Crippen LogP contribution is 2.31. The van der Waals surface area contributed by atoms with E-state index < -0.39 is 5.91 Å². The van der Waals surface area contributed by atoms with Crippen molar-refractivity contribution in [3.8, 4) is 17.1 Å². The number of amides is 1. The third kappa shape index (κ3) is 4.47. The van der Waals surface area contributed by atoms with Crippen LogP contribution in [0.15, 0.2) is 75.9 Å². The molecule has 1 amide bonds. The number of rotatable bonds is 5. The molecule has 0 bridgehead atoms. The Kier molecular flexibility index (Phi) is 5.78. The van der Waals surface area contributed by atoms with Gasteiger partial charge in [-0.1, -0.05) is 59.6 Å². The molecule has 0 spiro atoms. The first-order chi connectivity index (χ1) is 14.9. The highest BCUT2D eigenvalue weighted by molar-refractivity contribution is 6.31. The number of hydrogen-bond donors (Lipinski definition) is 1. The molecule has 0 fully saturated rings. The number of ether oxygens (including phenoxy) is 1. The second kappa shape index (κ2) is 8.66. The van der Waals surface area contributed by atoms with Crippen molar-refractivity contribution in [2.75, 3.05) is 11.9 Å². The predicted octanol–water partition coefficient (Wildman–Crippen LogP) is 5.75. The van der Waals surface area contributed by atoms with Gasteiger partial charge in [0.05, 0.1) is 5.39 Å². The van der Waals surface area contributed by atoms with Crippen molar-refractivity contribution in [1.29, 1.82) is 0 Å². The second-order valence-electron chi connectivity index (χ2n) is 7.26. The molecule has 5 nitrogen and oxygen atoms in total. The minimum absolute atomic E-state index is 0.00129. The van der Waals surface area contributed by atoms with E-state index in [0.29, 0.717) is 27.2 Å². The Balaban J connectivity index is 1.67. The highest BCUT2D eigenvalue weighted by atomic mass is 35.5.